The molecule has 1 amide bonds. The molecule has 6 nitrogen and oxygen atoms in total. The lowest BCUT2D eigenvalue weighted by molar-refractivity contribution is -0.117. The van der Waals surface area contributed by atoms with E-state index in [0.717, 1.165) is 22.3 Å². The lowest BCUT2D eigenvalue weighted by Crippen LogP contribution is -2.32. The molecule has 0 saturated carbocycles. The van der Waals surface area contributed by atoms with Crippen LogP contribution in [0.5, 0.6) is 5.75 Å². The van der Waals surface area contributed by atoms with Crippen molar-refractivity contribution >= 4 is 34.2 Å². The molecule has 0 aliphatic carbocycles. The first-order valence-electron chi connectivity index (χ1n) is 10.6. The van der Waals surface area contributed by atoms with Gasteiger partial charge < -0.3 is 10.1 Å². The number of likely N-dealkylation sites (N-methyl/N-ethyl adjacent to an activating group) is 1. The average molecular weight is 485 g/mol. The number of fused-ring (bicyclic) bond motifs is 1. The monoisotopic (exact) mass is 484 g/mol. The van der Waals surface area contributed by atoms with Crippen molar-refractivity contribution < 1.29 is 18.3 Å². The highest BCUT2D eigenvalue weighted by molar-refractivity contribution is 6.32. The van der Waals surface area contributed by atoms with Crippen molar-refractivity contribution in [1.29, 1.82) is 0 Å². The van der Waals surface area contributed by atoms with E-state index in [4.69, 9.17) is 11.6 Å². The van der Waals surface area contributed by atoms with Gasteiger partial charge in [-0.15, -0.1) is 0 Å². The Kier molecular flexibility index (Phi) is 7.09. The summed E-state index contributed by atoms with van der Waals surface area (Å²) in [7, 11) is 1.86. The maximum absolute atomic E-state index is 12.5. The van der Waals surface area contributed by atoms with Crippen molar-refractivity contribution in [2.45, 2.75) is 19.6 Å². The number of hydrogen-bond donors (Lipinski definition) is 1. The molecule has 0 fully saturated rings. The molecule has 0 spiro atoms. The van der Waals surface area contributed by atoms with E-state index in [1.807, 2.05) is 72.0 Å². The molecule has 1 aromatic heterocycles. The summed E-state index contributed by atoms with van der Waals surface area (Å²) in [5.41, 5.74) is 4.42. The number of hydrogen-bond acceptors (Lipinski definition) is 4. The predicted molar refractivity (Wildman–Crippen MR) is 129 cm³/mol. The minimum absolute atomic E-state index is 0.00872. The fourth-order valence-corrected chi connectivity index (χ4v) is 3.89. The molecule has 0 bridgehead atoms. The summed E-state index contributed by atoms with van der Waals surface area (Å²) in [5, 5.41) is 2.72. The van der Waals surface area contributed by atoms with Gasteiger partial charge in [0.1, 0.15) is 12.1 Å². The maximum atomic E-state index is 12.5. The third-order valence-corrected chi connectivity index (χ3v) is 5.89. The van der Waals surface area contributed by atoms with Crippen LogP contribution in [0.3, 0.4) is 0 Å². The fraction of sp³-hybridized carbons (Fsp3) is 0.200. The van der Waals surface area contributed by atoms with Gasteiger partial charge >= 0.3 is 6.61 Å². The van der Waals surface area contributed by atoms with Crippen molar-refractivity contribution in [2.75, 3.05) is 18.9 Å². The number of benzene rings is 3. The Hall–Kier alpha value is -3.49. The van der Waals surface area contributed by atoms with Crippen LogP contribution in [0.1, 0.15) is 18.5 Å². The van der Waals surface area contributed by atoms with Gasteiger partial charge in [-0.05, 0) is 62.0 Å². The number of halogens is 3. The minimum Gasteiger partial charge on any atom is -0.433 e. The first-order valence-corrected chi connectivity index (χ1v) is 11.0. The van der Waals surface area contributed by atoms with Crippen molar-refractivity contribution in [3.05, 3.63) is 83.6 Å². The van der Waals surface area contributed by atoms with Gasteiger partial charge in [0.2, 0.25) is 5.91 Å². The Morgan fingerprint density at radius 3 is 2.59 bits per heavy atom. The van der Waals surface area contributed by atoms with Crippen LogP contribution < -0.4 is 10.1 Å². The molecule has 0 aliphatic rings. The number of alkyl halides is 2. The van der Waals surface area contributed by atoms with Crippen LogP contribution in [0.2, 0.25) is 5.02 Å². The number of carbonyl (C=O) groups excluding carboxylic acids is 1. The highest BCUT2D eigenvalue weighted by atomic mass is 35.5. The van der Waals surface area contributed by atoms with E-state index in [1.165, 1.54) is 18.2 Å². The van der Waals surface area contributed by atoms with Crippen molar-refractivity contribution in [3.8, 4) is 11.4 Å². The summed E-state index contributed by atoms with van der Waals surface area (Å²) in [5.74, 6) is -0.401. The van der Waals surface area contributed by atoms with Crippen LogP contribution in [-0.2, 0) is 4.79 Å². The van der Waals surface area contributed by atoms with Crippen molar-refractivity contribution in [1.82, 2.24) is 14.5 Å². The Bertz CT molecular complexity index is 1290. The van der Waals surface area contributed by atoms with Crippen LogP contribution in [-0.4, -0.2) is 40.6 Å². The number of amides is 1. The van der Waals surface area contributed by atoms with Gasteiger partial charge in [0.15, 0.2) is 0 Å². The van der Waals surface area contributed by atoms with Crippen LogP contribution in [0.4, 0.5) is 14.5 Å². The van der Waals surface area contributed by atoms with E-state index >= 15 is 0 Å². The number of nitrogens with zero attached hydrogens (tertiary/aromatic N) is 3. The largest absolute Gasteiger partial charge is 0.433 e. The van der Waals surface area contributed by atoms with Crippen LogP contribution >= 0.6 is 11.6 Å². The number of imidazole rings is 1. The molecule has 3 aromatic carbocycles. The Morgan fingerprint density at radius 1 is 1.15 bits per heavy atom. The number of anilines is 1. The van der Waals surface area contributed by atoms with Crippen molar-refractivity contribution in [2.24, 2.45) is 0 Å². The summed E-state index contributed by atoms with van der Waals surface area (Å²) in [6.45, 7) is -0.828. The quantitative estimate of drug-likeness (QED) is 0.337. The Morgan fingerprint density at radius 2 is 1.88 bits per heavy atom. The Labute approximate surface area is 200 Å². The first kappa shape index (κ1) is 23.7. The molecule has 0 aliphatic heterocycles. The topological polar surface area (TPSA) is 59.4 Å². The van der Waals surface area contributed by atoms with Crippen LogP contribution in [0.25, 0.3) is 16.7 Å². The number of para-hydroxylation sites is 2. The van der Waals surface area contributed by atoms with Gasteiger partial charge in [0.05, 0.1) is 22.6 Å². The number of carbonyl (C=O) groups is 1. The van der Waals surface area contributed by atoms with Gasteiger partial charge in [0, 0.05) is 17.4 Å². The summed E-state index contributed by atoms with van der Waals surface area (Å²) in [6.07, 6.45) is 1.80. The summed E-state index contributed by atoms with van der Waals surface area (Å²) in [4.78, 5) is 18.9. The highest BCUT2D eigenvalue weighted by Crippen LogP contribution is 2.29. The molecule has 1 unspecified atom stereocenters. The van der Waals surface area contributed by atoms with E-state index in [-0.39, 0.29) is 29.3 Å². The molecule has 34 heavy (non-hydrogen) atoms. The molecular weight excluding hydrogens is 462 g/mol. The summed E-state index contributed by atoms with van der Waals surface area (Å²) in [6, 6.07) is 20.2. The predicted octanol–water partition coefficient (Wildman–Crippen LogP) is 5.91. The second-order valence-electron chi connectivity index (χ2n) is 7.86. The molecule has 9 heteroatoms. The zero-order valence-electron chi connectivity index (χ0n) is 18.6. The number of aromatic nitrogens is 2. The molecule has 1 atom stereocenters. The third-order valence-electron chi connectivity index (χ3n) is 5.59. The molecular formula is C25H23ClF2N4O2. The van der Waals surface area contributed by atoms with Crippen LogP contribution in [0.15, 0.2) is 73.1 Å². The molecule has 4 aromatic rings. The third kappa shape index (κ3) is 5.35. The van der Waals surface area contributed by atoms with Gasteiger partial charge in [-0.2, -0.15) is 8.78 Å². The molecule has 1 heterocycles. The molecule has 0 saturated heterocycles. The zero-order chi connectivity index (χ0) is 24.2. The SMILES string of the molecule is CC(c1ccc(-n2cnc3ccccc32)cc1)N(C)CC(=O)Nc1ccc(OC(F)F)c(Cl)c1. The van der Waals surface area contributed by atoms with Crippen LogP contribution in [0, 0.1) is 0 Å². The first-order chi connectivity index (χ1) is 16.3. The molecule has 176 valence electrons. The van der Waals surface area contributed by atoms with E-state index in [0.29, 0.717) is 5.69 Å². The van der Waals surface area contributed by atoms with Gasteiger partial charge in [-0.3, -0.25) is 14.3 Å². The molecule has 0 radical (unpaired) electrons. The fourth-order valence-electron chi connectivity index (χ4n) is 3.67. The van der Waals surface area contributed by atoms with E-state index < -0.39 is 6.61 Å². The zero-order valence-corrected chi connectivity index (χ0v) is 19.3. The lowest BCUT2D eigenvalue weighted by Gasteiger charge is -2.24. The highest BCUT2D eigenvalue weighted by Gasteiger charge is 2.16. The molecule has 1 N–H and O–H groups in total. The van der Waals surface area contributed by atoms with E-state index in [1.54, 1.807) is 6.33 Å². The summed E-state index contributed by atoms with van der Waals surface area (Å²) >= 11 is 5.95. The second-order valence-corrected chi connectivity index (χ2v) is 8.26. The van der Waals surface area contributed by atoms with E-state index in [2.05, 4.69) is 15.0 Å². The summed E-state index contributed by atoms with van der Waals surface area (Å²) < 4.78 is 31.1. The second kappa shape index (κ2) is 10.2. The number of ether oxygens (including phenoxy) is 1. The smallest absolute Gasteiger partial charge is 0.387 e. The molecule has 4 rings (SSSR count). The standard InChI is InChI=1S/C25H23ClF2N4O2/c1-16(17-7-10-19(11-8-17)32-15-29-21-5-3-4-6-22(21)32)31(2)14-24(33)30-18-9-12-23(20(26)13-18)34-25(27)28/h3-13,15-16,25H,14H2,1-2H3,(H,30,33). The van der Waals surface area contributed by atoms with Gasteiger partial charge in [0.25, 0.3) is 0 Å². The average Bonchev–Trinajstić information content (AvgIpc) is 3.24. The van der Waals surface area contributed by atoms with Crippen molar-refractivity contribution in [3.63, 3.8) is 0 Å². The lowest BCUT2D eigenvalue weighted by atomic mass is 10.1. The number of rotatable bonds is 8. The Balaban J connectivity index is 1.38. The van der Waals surface area contributed by atoms with Gasteiger partial charge in [-0.25, -0.2) is 4.98 Å². The minimum atomic E-state index is -2.97. The normalized spacial score (nSPS) is 12.3. The van der Waals surface area contributed by atoms with E-state index in [9.17, 15) is 13.6 Å². The van der Waals surface area contributed by atoms with Gasteiger partial charge in [-0.1, -0.05) is 35.9 Å². The number of nitrogens with one attached hydrogen (secondary N) is 1. The maximum Gasteiger partial charge on any atom is 0.387 e.